The van der Waals surface area contributed by atoms with Crippen molar-refractivity contribution in [2.24, 2.45) is 0 Å². The van der Waals surface area contributed by atoms with Crippen LogP contribution in [0.2, 0.25) is 5.02 Å². The second kappa shape index (κ2) is 6.03. The monoisotopic (exact) mass is 361 g/mol. The number of thiazole rings is 1. The number of halogens is 1. The molecule has 0 saturated heterocycles. The van der Waals surface area contributed by atoms with Crippen LogP contribution in [-0.4, -0.2) is 40.6 Å². The fourth-order valence-electron chi connectivity index (χ4n) is 2.59. The van der Waals surface area contributed by atoms with E-state index >= 15 is 0 Å². The average Bonchev–Trinajstić information content (AvgIpc) is 3.06. The summed E-state index contributed by atoms with van der Waals surface area (Å²) in [6, 6.07) is 5.54. The Morgan fingerprint density at radius 2 is 2.04 bits per heavy atom. The predicted molar refractivity (Wildman–Crippen MR) is 96.4 cm³/mol. The largest absolute Gasteiger partial charge is 0.344 e. The summed E-state index contributed by atoms with van der Waals surface area (Å²) >= 11 is 7.36. The number of nitrogens with zero attached hydrogens (tertiary/aromatic N) is 3. The first-order chi connectivity index (χ1) is 11.3. The number of amides is 1. The van der Waals surface area contributed by atoms with Crippen LogP contribution in [0.1, 0.15) is 31.4 Å². The van der Waals surface area contributed by atoms with Gasteiger partial charge in [-0.1, -0.05) is 29.0 Å². The standard InChI is InChI=1S/C17H16ClN3O2S/c1-9-7-11(5-6-12(9)18)14-13(8-22)21-10(2)15(16(23)20(3)4)24-17(21)19-14/h5-8H,1-4H3. The first kappa shape index (κ1) is 16.7. The van der Waals surface area contributed by atoms with Crippen molar-refractivity contribution in [2.45, 2.75) is 13.8 Å². The number of aldehydes is 1. The number of benzene rings is 1. The van der Waals surface area contributed by atoms with Gasteiger partial charge in [-0.2, -0.15) is 0 Å². The number of aromatic nitrogens is 2. The van der Waals surface area contributed by atoms with Crippen LogP contribution in [0.3, 0.4) is 0 Å². The van der Waals surface area contributed by atoms with Gasteiger partial charge in [-0.25, -0.2) is 4.98 Å². The molecule has 3 rings (SSSR count). The van der Waals surface area contributed by atoms with Crippen LogP contribution in [0.15, 0.2) is 18.2 Å². The zero-order valence-corrected chi connectivity index (χ0v) is 15.3. The van der Waals surface area contributed by atoms with E-state index in [4.69, 9.17) is 11.6 Å². The summed E-state index contributed by atoms with van der Waals surface area (Å²) in [4.78, 5) is 31.3. The number of imidazole rings is 1. The second-order valence-electron chi connectivity index (χ2n) is 5.76. The van der Waals surface area contributed by atoms with E-state index in [-0.39, 0.29) is 5.91 Å². The number of hydrogen-bond acceptors (Lipinski definition) is 4. The topological polar surface area (TPSA) is 54.7 Å². The van der Waals surface area contributed by atoms with Crippen LogP contribution in [-0.2, 0) is 0 Å². The van der Waals surface area contributed by atoms with Crippen LogP contribution < -0.4 is 0 Å². The van der Waals surface area contributed by atoms with Crippen LogP contribution in [0.25, 0.3) is 16.2 Å². The molecule has 0 fully saturated rings. The molecule has 0 N–H and O–H groups in total. The molecule has 124 valence electrons. The third-order valence-corrected chi connectivity index (χ3v) is 5.44. The van der Waals surface area contributed by atoms with Gasteiger partial charge < -0.3 is 4.90 Å². The Labute approximate surface area is 148 Å². The van der Waals surface area contributed by atoms with Crippen molar-refractivity contribution in [3.05, 3.63) is 45.1 Å². The Morgan fingerprint density at radius 3 is 2.62 bits per heavy atom. The molecule has 1 amide bonds. The molecule has 5 nitrogen and oxygen atoms in total. The van der Waals surface area contributed by atoms with Gasteiger partial charge in [0.15, 0.2) is 11.2 Å². The lowest BCUT2D eigenvalue weighted by Crippen LogP contribution is -2.21. The van der Waals surface area contributed by atoms with E-state index in [0.717, 1.165) is 23.1 Å². The molecule has 0 atom stereocenters. The zero-order chi connectivity index (χ0) is 17.6. The molecule has 7 heteroatoms. The summed E-state index contributed by atoms with van der Waals surface area (Å²) in [6.07, 6.45) is 0.781. The Balaban J connectivity index is 2.23. The van der Waals surface area contributed by atoms with E-state index in [1.807, 2.05) is 26.0 Å². The molecule has 2 heterocycles. The van der Waals surface area contributed by atoms with Gasteiger partial charge in [-0.3, -0.25) is 14.0 Å². The number of carbonyl (C=O) groups is 2. The summed E-state index contributed by atoms with van der Waals surface area (Å²) in [5, 5.41) is 0.669. The molecule has 0 spiro atoms. The van der Waals surface area contributed by atoms with E-state index < -0.39 is 0 Å². The molecule has 2 aromatic heterocycles. The zero-order valence-electron chi connectivity index (χ0n) is 13.8. The molecule has 0 radical (unpaired) electrons. The molecule has 3 aromatic rings. The number of carbonyl (C=O) groups excluding carboxylic acids is 2. The molecule has 24 heavy (non-hydrogen) atoms. The SMILES string of the molecule is Cc1cc(-c2nc3sc(C(=O)N(C)C)c(C)n3c2C=O)ccc1Cl. The quantitative estimate of drug-likeness (QED) is 0.666. The number of hydrogen-bond donors (Lipinski definition) is 0. The third kappa shape index (κ3) is 2.52. The van der Waals surface area contributed by atoms with Gasteiger partial charge in [-0.15, -0.1) is 0 Å². The lowest BCUT2D eigenvalue weighted by atomic mass is 10.1. The lowest BCUT2D eigenvalue weighted by molar-refractivity contribution is 0.0831. The Morgan fingerprint density at radius 1 is 1.33 bits per heavy atom. The summed E-state index contributed by atoms with van der Waals surface area (Å²) in [7, 11) is 3.40. The highest BCUT2D eigenvalue weighted by Gasteiger charge is 2.23. The van der Waals surface area contributed by atoms with Crippen molar-refractivity contribution < 1.29 is 9.59 Å². The molecule has 1 aromatic carbocycles. The van der Waals surface area contributed by atoms with Crippen molar-refractivity contribution in [3.8, 4) is 11.3 Å². The van der Waals surface area contributed by atoms with Crippen LogP contribution >= 0.6 is 22.9 Å². The minimum atomic E-state index is -0.0938. The maximum absolute atomic E-state index is 12.3. The summed E-state index contributed by atoms with van der Waals surface area (Å²) in [5.41, 5.74) is 3.51. The van der Waals surface area contributed by atoms with Gasteiger partial charge in [-0.05, 0) is 31.5 Å². The smallest absolute Gasteiger partial charge is 0.265 e. The van der Waals surface area contributed by atoms with Gasteiger partial charge >= 0.3 is 0 Å². The predicted octanol–water partition coefficient (Wildman–Crippen LogP) is 3.85. The summed E-state index contributed by atoms with van der Waals surface area (Å²) in [6.45, 7) is 3.73. The van der Waals surface area contributed by atoms with Crippen molar-refractivity contribution in [3.63, 3.8) is 0 Å². The third-order valence-electron chi connectivity index (χ3n) is 3.88. The van der Waals surface area contributed by atoms with Crippen LogP contribution in [0.4, 0.5) is 0 Å². The molecule has 0 aliphatic heterocycles. The van der Waals surface area contributed by atoms with Crippen LogP contribution in [0, 0.1) is 13.8 Å². The highest BCUT2D eigenvalue weighted by Crippen LogP contribution is 2.32. The number of aryl methyl sites for hydroxylation is 2. The maximum atomic E-state index is 12.3. The molecule has 0 unspecified atom stereocenters. The molecule has 0 saturated carbocycles. The minimum absolute atomic E-state index is 0.0938. The van der Waals surface area contributed by atoms with Gasteiger partial charge in [0, 0.05) is 30.4 Å². The Kier molecular flexibility index (Phi) is 4.19. The van der Waals surface area contributed by atoms with Crippen LogP contribution in [0.5, 0.6) is 0 Å². The molecular weight excluding hydrogens is 346 g/mol. The van der Waals surface area contributed by atoms with E-state index in [1.165, 1.54) is 16.2 Å². The van der Waals surface area contributed by atoms with E-state index in [9.17, 15) is 9.59 Å². The van der Waals surface area contributed by atoms with Crippen molar-refractivity contribution in [1.82, 2.24) is 14.3 Å². The summed E-state index contributed by atoms with van der Waals surface area (Å²) < 4.78 is 1.74. The number of rotatable bonds is 3. The maximum Gasteiger partial charge on any atom is 0.265 e. The highest BCUT2D eigenvalue weighted by molar-refractivity contribution is 7.19. The molecule has 0 aliphatic carbocycles. The average molecular weight is 362 g/mol. The minimum Gasteiger partial charge on any atom is -0.344 e. The first-order valence-electron chi connectivity index (χ1n) is 7.30. The first-order valence-corrected chi connectivity index (χ1v) is 8.49. The molecule has 0 bridgehead atoms. The van der Waals surface area contributed by atoms with Gasteiger partial charge in [0.1, 0.15) is 16.3 Å². The van der Waals surface area contributed by atoms with E-state index in [2.05, 4.69) is 4.98 Å². The second-order valence-corrected chi connectivity index (χ2v) is 7.15. The fraction of sp³-hybridized carbons (Fsp3) is 0.235. The Hall–Kier alpha value is -2.18. The van der Waals surface area contributed by atoms with Gasteiger partial charge in [0.05, 0.1) is 0 Å². The van der Waals surface area contributed by atoms with Gasteiger partial charge in [0.25, 0.3) is 5.91 Å². The summed E-state index contributed by atoms with van der Waals surface area (Å²) in [5.74, 6) is -0.0938. The lowest BCUT2D eigenvalue weighted by Gasteiger charge is -2.09. The fourth-order valence-corrected chi connectivity index (χ4v) is 3.86. The highest BCUT2D eigenvalue weighted by atomic mass is 35.5. The molecule has 0 aliphatic rings. The molecular formula is C17H16ClN3O2S. The number of fused-ring (bicyclic) bond motifs is 1. The van der Waals surface area contributed by atoms with Crippen molar-refractivity contribution >= 4 is 40.1 Å². The van der Waals surface area contributed by atoms with E-state index in [0.29, 0.717) is 26.2 Å². The Bertz CT molecular complexity index is 972. The van der Waals surface area contributed by atoms with E-state index in [1.54, 1.807) is 24.6 Å². The normalized spacial score (nSPS) is 11.0. The van der Waals surface area contributed by atoms with Crippen molar-refractivity contribution in [2.75, 3.05) is 14.1 Å². The van der Waals surface area contributed by atoms with Gasteiger partial charge in [0.2, 0.25) is 0 Å². The van der Waals surface area contributed by atoms with Crippen molar-refractivity contribution in [1.29, 1.82) is 0 Å².